The summed E-state index contributed by atoms with van der Waals surface area (Å²) in [6, 6.07) is 0. The van der Waals surface area contributed by atoms with Gasteiger partial charge in [-0.05, 0) is 0 Å². The Labute approximate surface area is 68.7 Å². The van der Waals surface area contributed by atoms with Crippen molar-refractivity contribution in [1.82, 2.24) is 0 Å². The topological polar surface area (TPSA) is 118 Å². The molecule has 0 aliphatic rings. The summed E-state index contributed by atoms with van der Waals surface area (Å²) < 4.78 is 0. The molecule has 6 nitrogen and oxygen atoms in total. The average molecular weight is 181 g/mol. The van der Waals surface area contributed by atoms with Gasteiger partial charge in [0, 0.05) is 0 Å². The zero-order valence-electron chi connectivity index (χ0n) is 6.29. The maximum absolute atomic E-state index is 10.5. The number of carbonyl (C=O) groups is 1. The number of ketones is 1. The molecular weight excluding hydrogens is 169 g/mol. The standard InChI is InChI=1S/C6H12O6/c7-1-3(9)5(11)6(12)4(10)2-8/h3,5-9,11-12H,1-2H2/t3-,5+,6-/m1/s1/i2+1. The van der Waals surface area contributed by atoms with Crippen molar-refractivity contribution in [1.29, 1.82) is 0 Å². The lowest BCUT2D eigenvalue weighted by Gasteiger charge is -2.19. The predicted molar refractivity (Wildman–Crippen MR) is 37.2 cm³/mol. The number of hydrogen-bond acceptors (Lipinski definition) is 6. The van der Waals surface area contributed by atoms with E-state index in [1.54, 1.807) is 0 Å². The molecule has 0 spiro atoms. The molecule has 0 aromatic rings. The number of carbonyl (C=O) groups excluding carboxylic acids is 1. The molecule has 0 aromatic carbocycles. The molecule has 0 rings (SSSR count). The van der Waals surface area contributed by atoms with Gasteiger partial charge in [0.2, 0.25) is 0 Å². The molecule has 0 aliphatic carbocycles. The maximum atomic E-state index is 10.5. The van der Waals surface area contributed by atoms with Crippen LogP contribution in [0.25, 0.3) is 0 Å². The van der Waals surface area contributed by atoms with Crippen LogP contribution in [0.15, 0.2) is 0 Å². The fourth-order valence-corrected chi connectivity index (χ4v) is 0.602. The van der Waals surface area contributed by atoms with E-state index in [2.05, 4.69) is 0 Å². The Morgan fingerprint density at radius 3 is 2.00 bits per heavy atom. The Morgan fingerprint density at radius 2 is 1.67 bits per heavy atom. The van der Waals surface area contributed by atoms with E-state index in [0.717, 1.165) is 0 Å². The molecule has 3 atom stereocenters. The second-order valence-corrected chi connectivity index (χ2v) is 2.31. The van der Waals surface area contributed by atoms with Crippen molar-refractivity contribution in [2.75, 3.05) is 13.2 Å². The molecule has 12 heavy (non-hydrogen) atoms. The normalized spacial score (nSPS) is 18.4. The van der Waals surface area contributed by atoms with Gasteiger partial charge in [-0.1, -0.05) is 0 Å². The van der Waals surface area contributed by atoms with Gasteiger partial charge in [0.15, 0.2) is 5.78 Å². The summed E-state index contributed by atoms with van der Waals surface area (Å²) in [5.74, 6) is -1.00. The van der Waals surface area contributed by atoms with Gasteiger partial charge in [0.25, 0.3) is 0 Å². The van der Waals surface area contributed by atoms with Gasteiger partial charge in [-0.25, -0.2) is 0 Å². The smallest absolute Gasteiger partial charge is 0.189 e. The van der Waals surface area contributed by atoms with Crippen LogP contribution in [-0.2, 0) is 4.79 Å². The first-order valence-electron chi connectivity index (χ1n) is 3.33. The monoisotopic (exact) mass is 181 g/mol. The van der Waals surface area contributed by atoms with Crippen LogP contribution in [-0.4, -0.2) is 62.8 Å². The van der Waals surface area contributed by atoms with Gasteiger partial charge in [-0.3, -0.25) is 4.79 Å². The minimum Gasteiger partial charge on any atom is -0.394 e. The Bertz CT molecular complexity index is 147. The highest BCUT2D eigenvalue weighted by Crippen LogP contribution is 2.00. The highest BCUT2D eigenvalue weighted by Gasteiger charge is 2.28. The van der Waals surface area contributed by atoms with Crippen LogP contribution >= 0.6 is 0 Å². The van der Waals surface area contributed by atoms with Crippen molar-refractivity contribution in [2.45, 2.75) is 18.3 Å². The van der Waals surface area contributed by atoms with Crippen LogP contribution in [0.4, 0.5) is 0 Å². The van der Waals surface area contributed by atoms with E-state index < -0.39 is 37.3 Å². The van der Waals surface area contributed by atoms with Crippen molar-refractivity contribution in [2.24, 2.45) is 0 Å². The molecule has 0 aliphatic heterocycles. The fraction of sp³-hybridized carbons (Fsp3) is 0.833. The summed E-state index contributed by atoms with van der Waals surface area (Å²) in [5, 5.41) is 43.1. The summed E-state index contributed by atoms with van der Waals surface area (Å²) in [7, 11) is 0. The van der Waals surface area contributed by atoms with Gasteiger partial charge in [-0.15, -0.1) is 0 Å². The molecule has 0 heterocycles. The third-order valence-corrected chi connectivity index (χ3v) is 1.39. The second kappa shape index (κ2) is 5.18. The Hall–Kier alpha value is -0.530. The summed E-state index contributed by atoms with van der Waals surface area (Å²) in [4.78, 5) is 10.5. The number of aliphatic hydroxyl groups excluding tert-OH is 5. The fourth-order valence-electron chi connectivity index (χ4n) is 0.602. The van der Waals surface area contributed by atoms with E-state index >= 15 is 0 Å². The number of Topliss-reactive ketones (excluding diaryl/α,β-unsaturated/α-hetero) is 1. The molecule has 0 aromatic heterocycles. The average Bonchev–Trinajstić information content (AvgIpc) is 2.12. The molecule has 0 unspecified atom stereocenters. The molecule has 0 saturated carbocycles. The Kier molecular flexibility index (Phi) is 4.95. The van der Waals surface area contributed by atoms with Crippen LogP contribution in [0.3, 0.4) is 0 Å². The van der Waals surface area contributed by atoms with Gasteiger partial charge in [0.05, 0.1) is 6.61 Å². The predicted octanol–water partition coefficient (Wildman–Crippen LogP) is -3.38. The van der Waals surface area contributed by atoms with Gasteiger partial charge in [-0.2, -0.15) is 0 Å². The summed E-state index contributed by atoms with van der Waals surface area (Å²) in [6.07, 6.45) is -5.22. The third-order valence-electron chi connectivity index (χ3n) is 1.39. The quantitative estimate of drug-likeness (QED) is 0.282. The maximum Gasteiger partial charge on any atom is 0.189 e. The van der Waals surface area contributed by atoms with E-state index in [1.807, 2.05) is 0 Å². The van der Waals surface area contributed by atoms with E-state index in [4.69, 9.17) is 25.5 Å². The van der Waals surface area contributed by atoms with Crippen LogP contribution in [0.5, 0.6) is 0 Å². The molecule has 72 valence electrons. The van der Waals surface area contributed by atoms with Crippen LogP contribution in [0.1, 0.15) is 0 Å². The highest BCUT2D eigenvalue weighted by atomic mass is 16.4. The molecule has 0 amide bonds. The molecule has 0 radical (unpaired) electrons. The number of rotatable bonds is 5. The lowest BCUT2D eigenvalue weighted by molar-refractivity contribution is -0.142. The van der Waals surface area contributed by atoms with Crippen LogP contribution in [0.2, 0.25) is 0 Å². The summed E-state index contributed by atoms with van der Waals surface area (Å²) in [5.41, 5.74) is 0. The minimum atomic E-state index is -1.86. The van der Waals surface area contributed by atoms with Crippen LogP contribution < -0.4 is 0 Å². The van der Waals surface area contributed by atoms with Crippen molar-refractivity contribution in [3.05, 3.63) is 0 Å². The SMILES string of the molecule is O=C([13CH2]O)[C@@H](O)[C@@H](O)[C@H](O)CO. The highest BCUT2D eigenvalue weighted by molar-refractivity contribution is 5.84. The summed E-state index contributed by atoms with van der Waals surface area (Å²) in [6.45, 7) is -1.69. The van der Waals surface area contributed by atoms with Crippen molar-refractivity contribution in [3.63, 3.8) is 0 Å². The minimum absolute atomic E-state index is 0.767. The molecule has 0 bridgehead atoms. The number of aliphatic hydroxyl groups is 5. The van der Waals surface area contributed by atoms with E-state index in [0.29, 0.717) is 0 Å². The van der Waals surface area contributed by atoms with Crippen LogP contribution in [0, 0.1) is 0 Å². The molecular formula is C6H12O6. The molecule has 6 heteroatoms. The van der Waals surface area contributed by atoms with Gasteiger partial charge < -0.3 is 25.5 Å². The zero-order chi connectivity index (χ0) is 9.72. The largest absolute Gasteiger partial charge is 0.394 e. The van der Waals surface area contributed by atoms with Gasteiger partial charge in [0.1, 0.15) is 24.9 Å². The zero-order valence-corrected chi connectivity index (χ0v) is 6.29. The third kappa shape index (κ3) is 2.84. The molecule has 0 fully saturated rings. The lowest BCUT2D eigenvalue weighted by Crippen LogP contribution is -2.44. The first-order chi connectivity index (χ1) is 5.54. The lowest BCUT2D eigenvalue weighted by atomic mass is 10.1. The Balaban J connectivity index is 4.08. The second-order valence-electron chi connectivity index (χ2n) is 2.31. The molecule has 0 saturated heterocycles. The van der Waals surface area contributed by atoms with Crippen molar-refractivity contribution < 1.29 is 30.3 Å². The summed E-state index contributed by atoms with van der Waals surface area (Å²) >= 11 is 0. The first kappa shape index (κ1) is 11.5. The molecule has 5 N–H and O–H groups in total. The van der Waals surface area contributed by atoms with E-state index in [1.165, 1.54) is 0 Å². The number of hydrogen-bond donors (Lipinski definition) is 5. The van der Waals surface area contributed by atoms with E-state index in [9.17, 15) is 4.79 Å². The van der Waals surface area contributed by atoms with Gasteiger partial charge >= 0.3 is 0 Å². The van der Waals surface area contributed by atoms with Crippen molar-refractivity contribution >= 4 is 5.78 Å². The van der Waals surface area contributed by atoms with E-state index in [-0.39, 0.29) is 0 Å². The Morgan fingerprint density at radius 1 is 1.17 bits per heavy atom. The first-order valence-corrected chi connectivity index (χ1v) is 3.33. The van der Waals surface area contributed by atoms with Crippen molar-refractivity contribution in [3.8, 4) is 0 Å².